The van der Waals surface area contributed by atoms with Crippen LogP contribution in [0, 0.1) is 39.9 Å². The first kappa shape index (κ1) is 29.2. The summed E-state index contributed by atoms with van der Waals surface area (Å²) in [6.45, 7) is 16.0. The number of ether oxygens (including phenoxy) is 1. The first-order valence-electron chi connectivity index (χ1n) is 14.5. The lowest BCUT2D eigenvalue weighted by atomic mass is 9.36. The summed E-state index contributed by atoms with van der Waals surface area (Å²) in [7, 11) is 0. The number of carbonyl (C=O) groups is 2. The molecule has 4 rings (SSSR count). The third-order valence-corrected chi connectivity index (χ3v) is 11.5. The fourth-order valence-electron chi connectivity index (χ4n) is 9.71. The van der Waals surface area contributed by atoms with E-state index in [0.29, 0.717) is 17.9 Å². The third kappa shape index (κ3) is 4.26. The second kappa shape index (κ2) is 10.0. The number of nitrogens with two attached hydrogens (primary N) is 1. The van der Waals surface area contributed by atoms with Crippen LogP contribution in [0.25, 0.3) is 0 Å². The van der Waals surface area contributed by atoms with Gasteiger partial charge < -0.3 is 20.7 Å². The molecule has 38 heavy (non-hydrogen) atoms. The zero-order chi connectivity index (χ0) is 28.4. The molecule has 0 heterocycles. The molecule has 4 fully saturated rings. The fourth-order valence-corrected chi connectivity index (χ4v) is 9.71. The smallest absolute Gasteiger partial charge is 0.303 e. The molecular weight excluding hydrogens is 478 g/mol. The molecule has 0 aliphatic heterocycles. The van der Waals surface area contributed by atoms with E-state index in [-0.39, 0.29) is 51.9 Å². The molecule has 0 aromatic carbocycles. The Labute approximate surface area is 228 Å². The molecule has 0 aromatic heterocycles. The molecule has 0 spiro atoms. The number of aliphatic hydroxyl groups excluding tert-OH is 2. The minimum atomic E-state index is -0.769. The molecule has 0 aromatic rings. The lowest BCUT2D eigenvalue weighted by Gasteiger charge is -2.70. The minimum Gasteiger partial charge on any atom is -0.458 e. The highest BCUT2D eigenvalue weighted by Gasteiger charge is 2.72. The van der Waals surface area contributed by atoms with E-state index >= 15 is 0 Å². The molecule has 4 aliphatic carbocycles. The van der Waals surface area contributed by atoms with Gasteiger partial charge in [-0.1, -0.05) is 51.5 Å². The summed E-state index contributed by atoms with van der Waals surface area (Å²) in [6.07, 6.45) is 8.03. The van der Waals surface area contributed by atoms with Crippen LogP contribution in [0.5, 0.6) is 0 Å². The van der Waals surface area contributed by atoms with E-state index in [0.717, 1.165) is 36.8 Å². The second-order valence-electron chi connectivity index (χ2n) is 13.8. The average Bonchev–Trinajstić information content (AvgIpc) is 3.10. The summed E-state index contributed by atoms with van der Waals surface area (Å²) in [5.74, 6) is -0.354. The topological polar surface area (TPSA) is 110 Å². The van der Waals surface area contributed by atoms with Crippen molar-refractivity contribution in [3.05, 3.63) is 34.9 Å². The monoisotopic (exact) mass is 527 g/mol. The van der Waals surface area contributed by atoms with Gasteiger partial charge in [0.15, 0.2) is 5.78 Å². The number of hydrogen-bond acceptors (Lipinski definition) is 6. The van der Waals surface area contributed by atoms with Crippen molar-refractivity contribution in [1.29, 1.82) is 0 Å². The van der Waals surface area contributed by atoms with Crippen molar-refractivity contribution in [3.63, 3.8) is 0 Å². The second-order valence-corrected chi connectivity index (χ2v) is 13.8. The largest absolute Gasteiger partial charge is 0.458 e. The number of ketones is 1. The van der Waals surface area contributed by atoms with Crippen molar-refractivity contribution in [3.8, 4) is 0 Å². The van der Waals surface area contributed by atoms with Crippen molar-refractivity contribution in [2.45, 2.75) is 112 Å². The first-order valence-corrected chi connectivity index (χ1v) is 14.5. The van der Waals surface area contributed by atoms with Crippen molar-refractivity contribution in [1.82, 2.24) is 0 Å². The third-order valence-electron chi connectivity index (χ3n) is 11.5. The van der Waals surface area contributed by atoms with E-state index in [9.17, 15) is 19.8 Å². The summed E-state index contributed by atoms with van der Waals surface area (Å²) < 4.78 is 5.94. The quantitative estimate of drug-likeness (QED) is 0.273. The number of allylic oxidation sites excluding steroid dienone is 5. The molecule has 6 nitrogen and oxygen atoms in total. The van der Waals surface area contributed by atoms with Crippen LogP contribution in [0.3, 0.4) is 0 Å². The molecule has 0 amide bonds. The van der Waals surface area contributed by atoms with Crippen LogP contribution in [-0.2, 0) is 14.3 Å². The number of Topliss-reactive ketones (excluding diaryl/α,β-unsaturated/α-hetero) is 1. The van der Waals surface area contributed by atoms with Gasteiger partial charge in [0, 0.05) is 24.5 Å². The molecule has 4 aliphatic rings. The zero-order valence-corrected chi connectivity index (χ0v) is 24.6. The molecule has 11 atom stereocenters. The van der Waals surface area contributed by atoms with Crippen LogP contribution >= 0.6 is 0 Å². The highest BCUT2D eigenvalue weighted by molar-refractivity contribution is 5.97. The van der Waals surface area contributed by atoms with Gasteiger partial charge >= 0.3 is 5.97 Å². The van der Waals surface area contributed by atoms with Gasteiger partial charge in [0.1, 0.15) is 6.10 Å². The molecule has 4 saturated carbocycles. The van der Waals surface area contributed by atoms with Crippen molar-refractivity contribution in [2.24, 2.45) is 45.7 Å². The van der Waals surface area contributed by atoms with Gasteiger partial charge in [0.25, 0.3) is 0 Å². The Morgan fingerprint density at radius 1 is 1.03 bits per heavy atom. The van der Waals surface area contributed by atoms with E-state index < -0.39 is 18.2 Å². The fraction of sp³-hybridized carbons (Fsp3) is 0.750. The van der Waals surface area contributed by atoms with Crippen LogP contribution in [0.4, 0.5) is 0 Å². The summed E-state index contributed by atoms with van der Waals surface area (Å²) in [6, 6.07) is -0.599. The van der Waals surface area contributed by atoms with E-state index in [4.69, 9.17) is 10.5 Å². The number of fused-ring (bicyclic) bond motifs is 5. The Morgan fingerprint density at radius 3 is 2.26 bits per heavy atom. The van der Waals surface area contributed by atoms with Gasteiger partial charge in [-0.2, -0.15) is 0 Å². The Bertz CT molecular complexity index is 1070. The van der Waals surface area contributed by atoms with E-state index in [1.165, 1.54) is 6.92 Å². The summed E-state index contributed by atoms with van der Waals surface area (Å²) >= 11 is 0. The molecule has 0 saturated heterocycles. The van der Waals surface area contributed by atoms with E-state index in [1.54, 1.807) is 6.92 Å². The average molecular weight is 528 g/mol. The van der Waals surface area contributed by atoms with Crippen molar-refractivity contribution >= 4 is 11.8 Å². The van der Waals surface area contributed by atoms with Crippen LogP contribution in [0.15, 0.2) is 34.9 Å². The SMILES string of the molecule is CC(=O)O[C@H]1C[C@@]2(C)[C@H](/C1=C(\C=C/C=C(C)C)C(C)=O)[C@H](N)[C@@H](O)[C@H]1[C@@]3(C)CC[C@@H](O)[C@@H](C)[C@@H]3CC[C@@]12C. The predicted octanol–water partition coefficient (Wildman–Crippen LogP) is 4.88. The van der Waals surface area contributed by atoms with Gasteiger partial charge in [-0.15, -0.1) is 0 Å². The number of esters is 1. The maximum absolute atomic E-state index is 13.1. The van der Waals surface area contributed by atoms with E-state index in [1.807, 2.05) is 32.1 Å². The highest BCUT2D eigenvalue weighted by Crippen LogP contribution is 2.74. The van der Waals surface area contributed by atoms with Crippen LogP contribution < -0.4 is 5.73 Å². The predicted molar refractivity (Wildman–Crippen MR) is 149 cm³/mol. The summed E-state index contributed by atoms with van der Waals surface area (Å²) in [4.78, 5) is 25.4. The van der Waals surface area contributed by atoms with Crippen molar-refractivity contribution < 1.29 is 24.5 Å². The Hall–Kier alpha value is -1.76. The Kier molecular flexibility index (Phi) is 7.70. The maximum Gasteiger partial charge on any atom is 0.303 e. The van der Waals surface area contributed by atoms with Crippen molar-refractivity contribution in [2.75, 3.05) is 0 Å². The molecule has 4 N–H and O–H groups in total. The van der Waals surface area contributed by atoms with Gasteiger partial charge in [-0.25, -0.2) is 0 Å². The summed E-state index contributed by atoms with van der Waals surface area (Å²) in [5, 5.41) is 22.8. The Balaban J connectivity index is 1.91. The normalized spacial score (nSPS) is 47.6. The molecule has 0 unspecified atom stereocenters. The van der Waals surface area contributed by atoms with Crippen LogP contribution in [-0.4, -0.2) is 46.3 Å². The standard InChI is InChI=1S/C32H49NO5/c1-17(2)10-9-11-21(19(4)34)25-24(38-20(5)35)16-32(8)26(25)27(33)28(37)29-30(6)14-13-23(36)18(3)22(30)12-15-31(29,32)7/h9-11,18,22-24,26-29,36-37H,12-16,33H2,1-8H3/b11-9-,25-21+/t18-,22-,23+,24-,26+,27-,28+,29-,30-,31-,32-/m0/s1. The minimum absolute atomic E-state index is 0.0562. The lowest BCUT2D eigenvalue weighted by Crippen LogP contribution is -2.71. The number of hydrogen-bond donors (Lipinski definition) is 3. The molecular formula is C32H49NO5. The van der Waals surface area contributed by atoms with Gasteiger partial charge in [-0.05, 0) is 92.4 Å². The van der Waals surface area contributed by atoms with Crippen LogP contribution in [0.1, 0.15) is 87.5 Å². The zero-order valence-electron chi connectivity index (χ0n) is 24.6. The molecule has 212 valence electrons. The lowest BCUT2D eigenvalue weighted by molar-refractivity contribution is -0.239. The maximum atomic E-state index is 13.1. The highest BCUT2D eigenvalue weighted by atomic mass is 16.5. The Morgan fingerprint density at radius 2 is 1.68 bits per heavy atom. The van der Waals surface area contributed by atoms with Gasteiger partial charge in [-0.3, -0.25) is 9.59 Å². The molecule has 6 heteroatoms. The summed E-state index contributed by atoms with van der Waals surface area (Å²) in [5.41, 5.74) is 8.61. The number of aliphatic hydroxyl groups is 2. The first-order chi connectivity index (χ1) is 17.6. The van der Waals surface area contributed by atoms with Crippen LogP contribution in [0.2, 0.25) is 0 Å². The number of rotatable bonds is 4. The van der Waals surface area contributed by atoms with E-state index in [2.05, 4.69) is 27.7 Å². The van der Waals surface area contributed by atoms with Gasteiger partial charge in [0.05, 0.1) is 12.2 Å². The molecule has 0 radical (unpaired) electrons. The molecule has 0 bridgehead atoms. The number of carbonyl (C=O) groups excluding carboxylic acids is 2. The van der Waals surface area contributed by atoms with Gasteiger partial charge in [0.2, 0.25) is 0 Å².